The number of carbonyl (C=O) groups excluding carboxylic acids is 1. The molecule has 0 bridgehead atoms. The van der Waals surface area contributed by atoms with E-state index < -0.39 is 15.9 Å². The molecule has 39 heavy (non-hydrogen) atoms. The van der Waals surface area contributed by atoms with Crippen molar-refractivity contribution in [1.29, 1.82) is 0 Å². The second-order valence-corrected chi connectivity index (χ2v) is 11.4. The molecule has 4 rings (SSSR count). The number of halogens is 1. The van der Waals surface area contributed by atoms with Crippen molar-refractivity contribution in [3.8, 4) is 0 Å². The number of carbonyl (C=O) groups is 1. The van der Waals surface area contributed by atoms with Gasteiger partial charge in [0, 0.05) is 15.8 Å². The van der Waals surface area contributed by atoms with Gasteiger partial charge in [-0.15, -0.1) is 4.40 Å². The number of nitrogens with two attached hydrogens (primary N) is 1. The van der Waals surface area contributed by atoms with Crippen LogP contribution in [0.4, 0.5) is 11.4 Å². The highest BCUT2D eigenvalue weighted by Gasteiger charge is 2.25. The van der Waals surface area contributed by atoms with E-state index in [1.54, 1.807) is 66.7 Å². The first kappa shape index (κ1) is 27.8. The summed E-state index contributed by atoms with van der Waals surface area (Å²) >= 11 is 3.40. The molecule has 4 aromatic carbocycles. The smallest absolute Gasteiger partial charge is 0.284 e. The number of rotatable bonds is 7. The summed E-state index contributed by atoms with van der Waals surface area (Å²) in [6.45, 7) is 3.79. The molecule has 0 spiro atoms. The number of amides is 1. The van der Waals surface area contributed by atoms with Crippen LogP contribution < -0.4 is 16.4 Å². The van der Waals surface area contributed by atoms with Crippen LogP contribution in [0.3, 0.4) is 0 Å². The van der Waals surface area contributed by atoms with Gasteiger partial charge in [-0.1, -0.05) is 87.7 Å². The Morgan fingerprint density at radius 3 is 1.97 bits per heavy atom. The van der Waals surface area contributed by atoms with E-state index in [0.717, 1.165) is 15.6 Å². The fourth-order valence-electron chi connectivity index (χ4n) is 3.67. The Morgan fingerprint density at radius 1 is 0.769 bits per heavy atom. The summed E-state index contributed by atoms with van der Waals surface area (Å²) in [5, 5.41) is 5.84. The van der Waals surface area contributed by atoms with Crippen LogP contribution in [0.25, 0.3) is 5.70 Å². The van der Waals surface area contributed by atoms with Crippen LogP contribution in [-0.4, -0.2) is 20.2 Å². The number of nitrogens with zero attached hydrogens (tertiary/aromatic N) is 1. The molecule has 0 aromatic heterocycles. The second-order valence-electron chi connectivity index (χ2n) is 8.84. The zero-order valence-electron chi connectivity index (χ0n) is 21.4. The maximum absolute atomic E-state index is 13.8. The number of anilines is 2. The lowest BCUT2D eigenvalue weighted by atomic mass is 10.0. The average molecular weight is 604 g/mol. The summed E-state index contributed by atoms with van der Waals surface area (Å²) in [6, 6.07) is 29.5. The Labute approximate surface area is 236 Å². The summed E-state index contributed by atoms with van der Waals surface area (Å²) in [4.78, 5) is 13.8. The Hall–Kier alpha value is -4.21. The van der Waals surface area contributed by atoms with Crippen molar-refractivity contribution in [1.82, 2.24) is 0 Å². The number of hydrogen-bond donors (Lipinski definition) is 3. The second kappa shape index (κ2) is 12.1. The third kappa shape index (κ3) is 7.22. The molecule has 0 aliphatic carbocycles. The van der Waals surface area contributed by atoms with Crippen molar-refractivity contribution in [2.75, 3.05) is 10.6 Å². The number of amidine groups is 1. The fourth-order valence-corrected chi connectivity index (χ4v) is 5.03. The lowest BCUT2D eigenvalue weighted by Crippen LogP contribution is -2.29. The van der Waals surface area contributed by atoms with Gasteiger partial charge in [0.05, 0.1) is 10.6 Å². The van der Waals surface area contributed by atoms with E-state index in [0.29, 0.717) is 16.9 Å². The molecule has 0 radical (unpaired) electrons. The van der Waals surface area contributed by atoms with Crippen LogP contribution in [0.2, 0.25) is 0 Å². The summed E-state index contributed by atoms with van der Waals surface area (Å²) in [7, 11) is -4.23. The predicted octanol–water partition coefficient (Wildman–Crippen LogP) is 6.27. The number of nitrogens with one attached hydrogen (secondary N) is 2. The Kier molecular flexibility index (Phi) is 8.63. The van der Waals surface area contributed by atoms with E-state index in [1.807, 2.05) is 38.1 Å². The zero-order chi connectivity index (χ0) is 28.0. The monoisotopic (exact) mass is 602 g/mol. The number of para-hydroxylation sites is 1. The number of sulfonamides is 1. The van der Waals surface area contributed by atoms with Crippen LogP contribution in [0.15, 0.2) is 122 Å². The van der Waals surface area contributed by atoms with Crippen molar-refractivity contribution in [3.05, 3.63) is 130 Å². The van der Waals surface area contributed by atoms with E-state index in [-0.39, 0.29) is 22.0 Å². The van der Waals surface area contributed by atoms with Crippen molar-refractivity contribution in [2.24, 2.45) is 10.1 Å². The summed E-state index contributed by atoms with van der Waals surface area (Å²) in [5.74, 6) is -0.847. The number of aryl methyl sites for hydroxylation is 2. The van der Waals surface area contributed by atoms with Crippen LogP contribution in [0, 0.1) is 13.8 Å². The lowest BCUT2D eigenvalue weighted by molar-refractivity contribution is -0.112. The van der Waals surface area contributed by atoms with Gasteiger partial charge in [0.1, 0.15) is 5.57 Å². The van der Waals surface area contributed by atoms with E-state index in [1.165, 1.54) is 12.1 Å². The van der Waals surface area contributed by atoms with Gasteiger partial charge in [0.25, 0.3) is 15.9 Å². The average Bonchev–Trinajstić information content (AvgIpc) is 2.90. The minimum absolute atomic E-state index is 0.0129. The Bertz CT molecular complexity index is 1650. The van der Waals surface area contributed by atoms with Crippen molar-refractivity contribution < 1.29 is 13.2 Å². The Balaban J connectivity index is 1.92. The quantitative estimate of drug-likeness (QED) is 0.131. The molecule has 1 amide bonds. The third-order valence-electron chi connectivity index (χ3n) is 5.75. The highest BCUT2D eigenvalue weighted by molar-refractivity contribution is 9.10. The van der Waals surface area contributed by atoms with Gasteiger partial charge < -0.3 is 16.4 Å². The van der Waals surface area contributed by atoms with Crippen LogP contribution in [0.5, 0.6) is 0 Å². The minimum Gasteiger partial charge on any atom is -0.397 e. The van der Waals surface area contributed by atoms with Crippen molar-refractivity contribution in [3.63, 3.8) is 0 Å². The standard InChI is InChI=1S/C30H27BrN4O3S/c1-20-11-15-22(16-12-20)28(32)27(30(36)34-25-10-6-7-23(31)19-25)29(33-24-8-4-3-5-9-24)35-39(37,38)26-17-13-21(2)14-18-26/h3-19H,32H2,1-2H3,(H,33,35)(H,34,36)/b28-27-. The Morgan fingerprint density at radius 2 is 1.36 bits per heavy atom. The molecule has 7 nitrogen and oxygen atoms in total. The van der Waals surface area contributed by atoms with Gasteiger partial charge in [0.2, 0.25) is 0 Å². The largest absolute Gasteiger partial charge is 0.397 e. The van der Waals surface area contributed by atoms with Crippen LogP contribution >= 0.6 is 15.9 Å². The first-order chi connectivity index (χ1) is 18.6. The molecule has 4 aromatic rings. The molecule has 0 saturated carbocycles. The highest BCUT2D eigenvalue weighted by atomic mass is 79.9. The molecule has 4 N–H and O–H groups in total. The van der Waals surface area contributed by atoms with E-state index in [2.05, 4.69) is 31.0 Å². The van der Waals surface area contributed by atoms with Gasteiger partial charge in [-0.25, -0.2) is 0 Å². The molecule has 0 unspecified atom stereocenters. The highest BCUT2D eigenvalue weighted by Crippen LogP contribution is 2.23. The fraction of sp³-hybridized carbons (Fsp3) is 0.0667. The van der Waals surface area contributed by atoms with Crippen LogP contribution in [-0.2, 0) is 14.8 Å². The van der Waals surface area contributed by atoms with Crippen LogP contribution in [0.1, 0.15) is 16.7 Å². The zero-order valence-corrected chi connectivity index (χ0v) is 23.8. The van der Waals surface area contributed by atoms with Gasteiger partial charge in [0.15, 0.2) is 5.84 Å². The minimum atomic E-state index is -4.23. The topological polar surface area (TPSA) is 114 Å². The molecule has 0 fully saturated rings. The van der Waals surface area contributed by atoms with E-state index in [4.69, 9.17) is 5.73 Å². The molecule has 0 saturated heterocycles. The number of hydrogen-bond acceptors (Lipinski definition) is 4. The van der Waals surface area contributed by atoms with Gasteiger partial charge in [-0.3, -0.25) is 4.79 Å². The predicted molar refractivity (Wildman–Crippen MR) is 161 cm³/mol. The molecule has 9 heteroatoms. The van der Waals surface area contributed by atoms with Crippen molar-refractivity contribution in [2.45, 2.75) is 18.7 Å². The third-order valence-corrected chi connectivity index (χ3v) is 7.53. The maximum Gasteiger partial charge on any atom is 0.284 e. The van der Waals surface area contributed by atoms with Crippen molar-refractivity contribution >= 4 is 54.8 Å². The van der Waals surface area contributed by atoms with E-state index in [9.17, 15) is 13.2 Å². The van der Waals surface area contributed by atoms with E-state index >= 15 is 0 Å². The number of benzene rings is 4. The first-order valence-electron chi connectivity index (χ1n) is 12.0. The summed E-state index contributed by atoms with van der Waals surface area (Å²) < 4.78 is 31.8. The SMILES string of the molecule is Cc1ccc(/C(N)=C(C(=O)Nc2cccc(Br)c2)\C(=N/S(=O)(=O)c2ccc(C)cc2)Nc2ccccc2)cc1. The molecule has 0 atom stereocenters. The molecule has 198 valence electrons. The lowest BCUT2D eigenvalue weighted by Gasteiger charge is -2.17. The normalized spacial score (nSPS) is 12.4. The first-order valence-corrected chi connectivity index (χ1v) is 14.2. The van der Waals surface area contributed by atoms with Gasteiger partial charge >= 0.3 is 0 Å². The molecule has 0 aliphatic rings. The van der Waals surface area contributed by atoms with Gasteiger partial charge in [-0.2, -0.15) is 8.42 Å². The molecular formula is C30H27BrN4O3S. The summed E-state index contributed by atoms with van der Waals surface area (Å²) in [5.41, 5.74) is 9.99. The molecule has 0 aliphatic heterocycles. The van der Waals surface area contributed by atoms with Gasteiger partial charge in [-0.05, 0) is 61.9 Å². The molecule has 0 heterocycles. The maximum atomic E-state index is 13.8. The molecular weight excluding hydrogens is 576 g/mol. The summed E-state index contributed by atoms with van der Waals surface area (Å²) in [6.07, 6.45) is 0.